The highest BCUT2D eigenvalue weighted by atomic mass is 19.1. The van der Waals surface area contributed by atoms with E-state index in [-0.39, 0.29) is 23.8 Å². The first kappa shape index (κ1) is 18.4. The van der Waals surface area contributed by atoms with E-state index in [2.05, 4.69) is 15.2 Å². The zero-order valence-electron chi connectivity index (χ0n) is 14.4. The fourth-order valence-corrected chi connectivity index (χ4v) is 3.07. The molecule has 0 unspecified atom stereocenters. The molecule has 2 aromatic rings. The van der Waals surface area contributed by atoms with Crippen LogP contribution in [0, 0.1) is 23.4 Å². The maximum absolute atomic E-state index is 13.7. The third-order valence-electron chi connectivity index (χ3n) is 4.64. The van der Waals surface area contributed by atoms with E-state index in [1.165, 1.54) is 0 Å². The molecule has 4 nitrogen and oxygen atoms in total. The maximum Gasteiger partial charge on any atom is 0.184 e. The fourth-order valence-electron chi connectivity index (χ4n) is 3.07. The number of nitrogens with zero attached hydrogens (tertiary/aromatic N) is 2. The molecule has 138 valence electrons. The third kappa shape index (κ3) is 4.22. The van der Waals surface area contributed by atoms with E-state index in [0.29, 0.717) is 23.6 Å². The molecular weight excluding hydrogens is 343 g/mol. The van der Waals surface area contributed by atoms with Gasteiger partial charge in [0.05, 0.1) is 0 Å². The standard InChI is InChI=1S/C19H20F3N3O/c1-25-7-5-12(6-8-25)19(26)17-3-2-4-18(24-17)23-11-14-15(21)9-13(20)10-16(14)22/h2-4,9-10,12H,5-8,11H2,1H3,(H,23,24). The van der Waals surface area contributed by atoms with Crippen LogP contribution in [0.15, 0.2) is 30.3 Å². The number of Topliss-reactive ketones (excluding diaryl/α,β-unsaturated/α-hetero) is 1. The molecule has 1 N–H and O–H groups in total. The van der Waals surface area contributed by atoms with Gasteiger partial charge in [-0.3, -0.25) is 4.79 Å². The van der Waals surface area contributed by atoms with Gasteiger partial charge in [-0.1, -0.05) is 6.07 Å². The second-order valence-electron chi connectivity index (χ2n) is 6.55. The predicted molar refractivity (Wildman–Crippen MR) is 92.4 cm³/mol. The predicted octanol–water partition coefficient (Wildman–Crippen LogP) is 3.64. The zero-order valence-corrected chi connectivity index (χ0v) is 14.4. The molecule has 1 saturated heterocycles. The minimum absolute atomic E-state index is 0.0131. The summed E-state index contributed by atoms with van der Waals surface area (Å²) in [5.74, 6) is -2.62. The van der Waals surface area contributed by atoms with Gasteiger partial charge in [0, 0.05) is 30.2 Å². The van der Waals surface area contributed by atoms with Crippen LogP contribution in [0.3, 0.4) is 0 Å². The number of carbonyl (C=O) groups is 1. The molecule has 0 saturated carbocycles. The Bertz CT molecular complexity index is 781. The van der Waals surface area contributed by atoms with Gasteiger partial charge >= 0.3 is 0 Å². The van der Waals surface area contributed by atoms with Crippen molar-refractivity contribution in [2.75, 3.05) is 25.5 Å². The van der Waals surface area contributed by atoms with Gasteiger partial charge in [0.1, 0.15) is 29.0 Å². The lowest BCUT2D eigenvalue weighted by Gasteiger charge is -2.27. The van der Waals surface area contributed by atoms with E-state index in [0.717, 1.165) is 25.9 Å². The van der Waals surface area contributed by atoms with Crippen LogP contribution in [0.5, 0.6) is 0 Å². The van der Waals surface area contributed by atoms with Gasteiger partial charge in [0.15, 0.2) is 5.78 Å². The van der Waals surface area contributed by atoms with Crippen molar-refractivity contribution in [3.05, 3.63) is 59.0 Å². The molecule has 26 heavy (non-hydrogen) atoms. The van der Waals surface area contributed by atoms with Crippen molar-refractivity contribution < 1.29 is 18.0 Å². The number of anilines is 1. The van der Waals surface area contributed by atoms with Crippen LogP contribution >= 0.6 is 0 Å². The van der Waals surface area contributed by atoms with E-state index in [1.54, 1.807) is 18.2 Å². The van der Waals surface area contributed by atoms with Crippen LogP contribution in [0.25, 0.3) is 0 Å². The Labute approximate surface area is 150 Å². The number of carbonyl (C=O) groups excluding carboxylic acids is 1. The molecule has 0 atom stereocenters. The summed E-state index contributed by atoms with van der Waals surface area (Å²) in [6.45, 7) is 1.55. The number of hydrogen-bond acceptors (Lipinski definition) is 4. The Hall–Kier alpha value is -2.41. The highest BCUT2D eigenvalue weighted by Crippen LogP contribution is 2.21. The lowest BCUT2D eigenvalue weighted by molar-refractivity contribution is 0.0851. The Kier molecular flexibility index (Phi) is 5.56. The number of piperidine rings is 1. The molecule has 1 aromatic carbocycles. The third-order valence-corrected chi connectivity index (χ3v) is 4.64. The van der Waals surface area contributed by atoms with Crippen molar-refractivity contribution in [1.82, 2.24) is 9.88 Å². The molecule has 7 heteroatoms. The monoisotopic (exact) mass is 363 g/mol. The number of rotatable bonds is 5. The Morgan fingerprint density at radius 1 is 1.19 bits per heavy atom. The number of hydrogen-bond donors (Lipinski definition) is 1. The molecule has 1 aromatic heterocycles. The Morgan fingerprint density at radius 2 is 1.85 bits per heavy atom. The highest BCUT2D eigenvalue weighted by Gasteiger charge is 2.25. The smallest absolute Gasteiger partial charge is 0.184 e. The molecule has 0 bridgehead atoms. The van der Waals surface area contributed by atoms with Crippen LogP contribution in [0.4, 0.5) is 19.0 Å². The van der Waals surface area contributed by atoms with E-state index < -0.39 is 17.5 Å². The summed E-state index contributed by atoms with van der Waals surface area (Å²) in [5, 5.41) is 2.79. The van der Waals surface area contributed by atoms with Crippen LogP contribution in [-0.2, 0) is 6.54 Å². The first-order valence-electron chi connectivity index (χ1n) is 8.51. The van der Waals surface area contributed by atoms with E-state index in [1.807, 2.05) is 7.05 Å². The number of aromatic nitrogens is 1. The number of ketones is 1. The average Bonchev–Trinajstić information content (AvgIpc) is 2.61. The van der Waals surface area contributed by atoms with Crippen molar-refractivity contribution >= 4 is 11.6 Å². The summed E-state index contributed by atoms with van der Waals surface area (Å²) < 4.78 is 40.4. The molecule has 1 aliphatic heterocycles. The zero-order chi connectivity index (χ0) is 18.7. The van der Waals surface area contributed by atoms with Crippen molar-refractivity contribution in [1.29, 1.82) is 0 Å². The minimum Gasteiger partial charge on any atom is -0.366 e. The van der Waals surface area contributed by atoms with E-state index >= 15 is 0 Å². The van der Waals surface area contributed by atoms with Crippen LogP contribution in [0.2, 0.25) is 0 Å². The molecule has 2 heterocycles. The molecule has 3 rings (SSSR count). The van der Waals surface area contributed by atoms with E-state index in [9.17, 15) is 18.0 Å². The van der Waals surface area contributed by atoms with E-state index in [4.69, 9.17) is 0 Å². The molecule has 1 aliphatic rings. The lowest BCUT2D eigenvalue weighted by atomic mass is 9.91. The summed E-state index contributed by atoms with van der Waals surface area (Å²) in [6.07, 6.45) is 1.58. The second-order valence-corrected chi connectivity index (χ2v) is 6.55. The van der Waals surface area contributed by atoms with Gasteiger partial charge in [0.2, 0.25) is 0 Å². The summed E-state index contributed by atoms with van der Waals surface area (Å²) in [4.78, 5) is 19.1. The first-order valence-corrected chi connectivity index (χ1v) is 8.51. The summed E-state index contributed by atoms with van der Waals surface area (Å²) in [7, 11) is 2.03. The SMILES string of the molecule is CN1CCC(C(=O)c2cccc(NCc3c(F)cc(F)cc3F)n2)CC1. The number of benzene rings is 1. The van der Waals surface area contributed by atoms with Gasteiger partial charge in [0.25, 0.3) is 0 Å². The van der Waals surface area contributed by atoms with Crippen molar-refractivity contribution in [2.24, 2.45) is 5.92 Å². The van der Waals surface area contributed by atoms with Crippen molar-refractivity contribution in [2.45, 2.75) is 19.4 Å². The van der Waals surface area contributed by atoms with Gasteiger partial charge < -0.3 is 10.2 Å². The quantitative estimate of drug-likeness (QED) is 0.824. The second kappa shape index (κ2) is 7.86. The number of pyridine rings is 1. The van der Waals surface area contributed by atoms with Gasteiger partial charge in [-0.15, -0.1) is 0 Å². The Balaban J connectivity index is 1.69. The number of nitrogens with one attached hydrogen (secondary N) is 1. The molecule has 0 amide bonds. The van der Waals surface area contributed by atoms with Crippen molar-refractivity contribution in [3.8, 4) is 0 Å². The summed E-state index contributed by atoms with van der Waals surface area (Å²) in [5.41, 5.74) is 0.0600. The fraction of sp³-hybridized carbons (Fsp3) is 0.368. The van der Waals surface area contributed by atoms with Crippen molar-refractivity contribution in [3.63, 3.8) is 0 Å². The van der Waals surface area contributed by atoms with Gasteiger partial charge in [-0.05, 0) is 45.1 Å². The van der Waals surface area contributed by atoms with Crippen LogP contribution in [0.1, 0.15) is 28.9 Å². The van der Waals surface area contributed by atoms with Gasteiger partial charge in [-0.2, -0.15) is 0 Å². The molecular formula is C19H20F3N3O. The normalized spacial score (nSPS) is 15.8. The maximum atomic E-state index is 13.7. The molecule has 0 radical (unpaired) electrons. The average molecular weight is 363 g/mol. The highest BCUT2D eigenvalue weighted by molar-refractivity contribution is 5.96. The molecule has 1 fully saturated rings. The lowest BCUT2D eigenvalue weighted by Crippen LogP contribution is -2.33. The minimum atomic E-state index is -0.965. The summed E-state index contributed by atoms with van der Waals surface area (Å²) >= 11 is 0. The Morgan fingerprint density at radius 3 is 2.50 bits per heavy atom. The number of halogens is 3. The van der Waals surface area contributed by atoms with Crippen LogP contribution < -0.4 is 5.32 Å². The largest absolute Gasteiger partial charge is 0.366 e. The van der Waals surface area contributed by atoms with Crippen LogP contribution in [-0.4, -0.2) is 35.8 Å². The number of likely N-dealkylation sites (tertiary alicyclic amines) is 1. The van der Waals surface area contributed by atoms with Gasteiger partial charge in [-0.25, -0.2) is 18.2 Å². The molecule has 0 aliphatic carbocycles. The topological polar surface area (TPSA) is 45.2 Å². The molecule has 0 spiro atoms. The first-order chi connectivity index (χ1) is 12.4. The summed E-state index contributed by atoms with van der Waals surface area (Å²) in [6, 6.07) is 6.20.